The van der Waals surface area contributed by atoms with Gasteiger partial charge in [-0.3, -0.25) is 4.79 Å². The van der Waals surface area contributed by atoms with Crippen LogP contribution in [0.25, 0.3) is 0 Å². The van der Waals surface area contributed by atoms with Crippen LogP contribution in [0.15, 0.2) is 0 Å². The highest BCUT2D eigenvalue weighted by Crippen LogP contribution is 2.15. The van der Waals surface area contributed by atoms with Crippen LogP contribution < -0.4 is 0 Å². The first kappa shape index (κ1) is 18.5. The minimum absolute atomic E-state index is 0.0426. The Morgan fingerprint density at radius 3 is 2.21 bits per heavy atom. The summed E-state index contributed by atoms with van der Waals surface area (Å²) in [4.78, 5) is 14.3. The standard InChI is InChI=1S/C16H28BrNO/c1-4-7-10-11-12-15(17)16(19)18(13-8-5-2)14-9-6-3/h1,15H,5-14H2,2-3H3. The first-order valence-corrected chi connectivity index (χ1v) is 8.45. The van der Waals surface area contributed by atoms with Gasteiger partial charge in [0.1, 0.15) is 0 Å². The van der Waals surface area contributed by atoms with Gasteiger partial charge in [-0.05, 0) is 25.7 Å². The van der Waals surface area contributed by atoms with Crippen LogP contribution in [0.3, 0.4) is 0 Å². The molecule has 19 heavy (non-hydrogen) atoms. The molecular weight excluding hydrogens is 302 g/mol. The minimum Gasteiger partial charge on any atom is -0.342 e. The van der Waals surface area contributed by atoms with Crippen LogP contribution in [0, 0.1) is 12.3 Å². The number of nitrogens with zero attached hydrogens (tertiary/aromatic N) is 1. The lowest BCUT2D eigenvalue weighted by atomic mass is 10.1. The average molecular weight is 330 g/mol. The van der Waals surface area contributed by atoms with E-state index in [0.717, 1.165) is 64.5 Å². The smallest absolute Gasteiger partial charge is 0.236 e. The van der Waals surface area contributed by atoms with Crippen molar-refractivity contribution < 1.29 is 4.79 Å². The summed E-state index contributed by atoms with van der Waals surface area (Å²) in [6.45, 7) is 6.10. The molecule has 2 nitrogen and oxygen atoms in total. The van der Waals surface area contributed by atoms with Crippen molar-refractivity contribution in [2.24, 2.45) is 0 Å². The molecule has 0 saturated heterocycles. The van der Waals surface area contributed by atoms with Crippen LogP contribution in [-0.4, -0.2) is 28.7 Å². The first-order chi connectivity index (χ1) is 9.17. The molecule has 0 N–H and O–H groups in total. The van der Waals surface area contributed by atoms with E-state index in [4.69, 9.17) is 6.42 Å². The van der Waals surface area contributed by atoms with Gasteiger partial charge in [0.15, 0.2) is 0 Å². The molecule has 0 aromatic carbocycles. The van der Waals surface area contributed by atoms with E-state index in [1.165, 1.54) is 0 Å². The molecule has 0 aromatic rings. The molecule has 0 rings (SSSR count). The molecule has 0 fully saturated rings. The zero-order valence-electron chi connectivity index (χ0n) is 12.5. The van der Waals surface area contributed by atoms with Crippen LogP contribution in [0.5, 0.6) is 0 Å². The van der Waals surface area contributed by atoms with Gasteiger partial charge < -0.3 is 4.90 Å². The van der Waals surface area contributed by atoms with Crippen LogP contribution in [0.1, 0.15) is 65.2 Å². The van der Waals surface area contributed by atoms with Crippen molar-refractivity contribution in [3.63, 3.8) is 0 Å². The Bertz CT molecular complexity index is 264. The van der Waals surface area contributed by atoms with Gasteiger partial charge in [-0.1, -0.05) is 49.0 Å². The Labute approximate surface area is 127 Å². The summed E-state index contributed by atoms with van der Waals surface area (Å²) in [5, 5.41) is 0. The largest absolute Gasteiger partial charge is 0.342 e. The quantitative estimate of drug-likeness (QED) is 0.313. The van der Waals surface area contributed by atoms with Crippen molar-refractivity contribution in [3.8, 4) is 12.3 Å². The summed E-state index contributed by atoms with van der Waals surface area (Å²) in [7, 11) is 0. The van der Waals surface area contributed by atoms with Crippen LogP contribution in [0.2, 0.25) is 0 Å². The van der Waals surface area contributed by atoms with Crippen LogP contribution in [0.4, 0.5) is 0 Å². The Hall–Kier alpha value is -0.490. The summed E-state index contributed by atoms with van der Waals surface area (Å²) in [5.41, 5.74) is 0. The van der Waals surface area contributed by atoms with E-state index in [2.05, 4.69) is 35.7 Å². The van der Waals surface area contributed by atoms with Gasteiger partial charge in [0.05, 0.1) is 4.83 Å². The number of hydrogen-bond acceptors (Lipinski definition) is 1. The second-order valence-electron chi connectivity index (χ2n) is 4.95. The lowest BCUT2D eigenvalue weighted by molar-refractivity contribution is -0.130. The molecular formula is C16H28BrNO. The zero-order chi connectivity index (χ0) is 14.5. The van der Waals surface area contributed by atoms with E-state index < -0.39 is 0 Å². The molecule has 0 aliphatic carbocycles. The molecule has 0 aliphatic rings. The Balaban J connectivity index is 4.14. The maximum atomic E-state index is 12.4. The molecule has 0 aliphatic heterocycles. The number of carbonyl (C=O) groups is 1. The number of rotatable bonds is 11. The Morgan fingerprint density at radius 1 is 1.16 bits per heavy atom. The van der Waals surface area contributed by atoms with E-state index in [1.807, 2.05) is 4.90 Å². The third kappa shape index (κ3) is 9.10. The minimum atomic E-state index is -0.0426. The molecule has 0 spiro atoms. The Kier molecular flexibility index (Phi) is 12.2. The lowest BCUT2D eigenvalue weighted by Crippen LogP contribution is -2.38. The fourth-order valence-electron chi connectivity index (χ4n) is 1.90. The monoisotopic (exact) mass is 329 g/mol. The van der Waals surface area contributed by atoms with E-state index in [9.17, 15) is 4.79 Å². The summed E-state index contributed by atoms with van der Waals surface area (Å²) in [6.07, 6.45) is 13.4. The second-order valence-corrected chi connectivity index (χ2v) is 6.06. The van der Waals surface area contributed by atoms with Crippen molar-refractivity contribution in [1.29, 1.82) is 0 Å². The summed E-state index contributed by atoms with van der Waals surface area (Å²) in [6, 6.07) is 0. The number of halogens is 1. The predicted octanol–water partition coefficient (Wildman–Crippen LogP) is 4.37. The van der Waals surface area contributed by atoms with Crippen molar-refractivity contribution in [2.75, 3.05) is 13.1 Å². The highest BCUT2D eigenvalue weighted by atomic mass is 79.9. The maximum absolute atomic E-state index is 12.4. The fourth-order valence-corrected chi connectivity index (χ4v) is 2.52. The topological polar surface area (TPSA) is 20.3 Å². The molecule has 0 saturated carbocycles. The van der Waals surface area contributed by atoms with Gasteiger partial charge >= 0.3 is 0 Å². The van der Waals surface area contributed by atoms with E-state index in [0.29, 0.717) is 0 Å². The fraction of sp³-hybridized carbons (Fsp3) is 0.812. The first-order valence-electron chi connectivity index (χ1n) is 7.53. The molecule has 0 radical (unpaired) electrons. The SMILES string of the molecule is C#CCCCCC(Br)C(=O)N(CCCC)CCCC. The van der Waals surface area contributed by atoms with Crippen molar-refractivity contribution >= 4 is 21.8 Å². The molecule has 1 amide bonds. The summed E-state index contributed by atoms with van der Waals surface area (Å²) < 4.78 is 0. The van der Waals surface area contributed by atoms with E-state index in [-0.39, 0.29) is 10.7 Å². The van der Waals surface area contributed by atoms with E-state index >= 15 is 0 Å². The van der Waals surface area contributed by atoms with Gasteiger partial charge in [0, 0.05) is 19.5 Å². The lowest BCUT2D eigenvalue weighted by Gasteiger charge is -2.25. The second kappa shape index (κ2) is 12.5. The predicted molar refractivity (Wildman–Crippen MR) is 86.4 cm³/mol. The molecule has 0 aromatic heterocycles. The molecule has 1 unspecified atom stereocenters. The van der Waals surface area contributed by atoms with Gasteiger partial charge in [-0.2, -0.15) is 0 Å². The average Bonchev–Trinajstić information content (AvgIpc) is 2.43. The molecule has 1 atom stereocenters. The third-order valence-corrected chi connectivity index (χ3v) is 4.02. The van der Waals surface area contributed by atoms with E-state index in [1.54, 1.807) is 0 Å². The van der Waals surface area contributed by atoms with Crippen LogP contribution in [-0.2, 0) is 4.79 Å². The van der Waals surface area contributed by atoms with Crippen molar-refractivity contribution in [3.05, 3.63) is 0 Å². The highest BCUT2D eigenvalue weighted by Gasteiger charge is 2.20. The number of unbranched alkanes of at least 4 members (excludes halogenated alkanes) is 4. The maximum Gasteiger partial charge on any atom is 0.236 e. The van der Waals surface area contributed by atoms with Gasteiger partial charge in [0.25, 0.3) is 0 Å². The highest BCUT2D eigenvalue weighted by molar-refractivity contribution is 9.10. The normalized spacial score (nSPS) is 11.9. The van der Waals surface area contributed by atoms with Crippen molar-refractivity contribution in [1.82, 2.24) is 4.90 Å². The molecule has 110 valence electrons. The third-order valence-electron chi connectivity index (χ3n) is 3.17. The number of amides is 1. The number of terminal acetylenes is 1. The zero-order valence-corrected chi connectivity index (χ0v) is 14.0. The van der Waals surface area contributed by atoms with Crippen molar-refractivity contribution in [2.45, 2.75) is 70.0 Å². The van der Waals surface area contributed by atoms with Gasteiger partial charge in [-0.25, -0.2) is 0 Å². The molecule has 0 heterocycles. The molecule has 3 heteroatoms. The molecule has 0 bridgehead atoms. The van der Waals surface area contributed by atoms with Crippen LogP contribution >= 0.6 is 15.9 Å². The van der Waals surface area contributed by atoms with Gasteiger partial charge in [-0.15, -0.1) is 12.3 Å². The Morgan fingerprint density at radius 2 is 1.74 bits per heavy atom. The number of alkyl halides is 1. The summed E-state index contributed by atoms with van der Waals surface area (Å²) >= 11 is 3.54. The summed E-state index contributed by atoms with van der Waals surface area (Å²) in [5.74, 6) is 2.89. The van der Waals surface area contributed by atoms with Gasteiger partial charge in [0.2, 0.25) is 5.91 Å². The number of carbonyl (C=O) groups excluding carboxylic acids is 1. The number of hydrogen-bond donors (Lipinski definition) is 0.